The normalized spacial score (nSPS) is 31.5. The van der Waals surface area contributed by atoms with E-state index in [0.717, 1.165) is 0 Å². The van der Waals surface area contributed by atoms with E-state index < -0.39 is 0 Å². The van der Waals surface area contributed by atoms with Gasteiger partial charge in [-0.3, -0.25) is 0 Å². The van der Waals surface area contributed by atoms with Crippen molar-refractivity contribution in [2.24, 2.45) is 5.92 Å². The molecule has 0 heterocycles. The van der Waals surface area contributed by atoms with E-state index in [4.69, 9.17) is 0 Å². The van der Waals surface area contributed by atoms with Crippen molar-refractivity contribution in [1.82, 2.24) is 0 Å². The Morgan fingerprint density at radius 1 is 1.19 bits per heavy atom. The number of halogens is 3. The maximum absolute atomic E-state index is 3.10. The Morgan fingerprint density at radius 2 is 1.88 bits per heavy atom. The molecular formula is C12H9Cl3Hf. The Balaban J connectivity index is 0.000000750. The standard InChI is InChI=1S/C12H9.3ClH.Hf/c1-2-7-12-10-5-3-4-9(8-10)11(12)6-1;;;;/h3-4,6-7,9H,5,8H2;3*1H;/q;;;;+3/p-3. The zero-order chi connectivity index (χ0) is 8.89. The first-order valence-electron chi connectivity index (χ1n) is 4.63. The molecule has 0 amide bonds. The van der Waals surface area contributed by atoms with Crippen molar-refractivity contribution in [3.63, 3.8) is 0 Å². The van der Waals surface area contributed by atoms with Crippen LogP contribution in [0.1, 0.15) is 12.8 Å². The first-order valence-corrected chi connectivity index (χ1v) is 6.43. The fourth-order valence-electron chi connectivity index (χ4n) is 2.51. The summed E-state index contributed by atoms with van der Waals surface area (Å²) in [6.07, 6.45) is 11.6. The summed E-state index contributed by atoms with van der Waals surface area (Å²) in [4.78, 5) is 0. The average Bonchev–Trinajstić information content (AvgIpc) is 2.36. The second-order valence-electron chi connectivity index (χ2n) is 3.97. The second-order valence-corrected chi connectivity index (χ2v) is 7.41. The van der Waals surface area contributed by atoms with Crippen LogP contribution in [0.25, 0.3) is 0 Å². The van der Waals surface area contributed by atoms with E-state index >= 15 is 0 Å². The summed E-state index contributed by atoms with van der Waals surface area (Å²) in [7, 11) is 0. The van der Waals surface area contributed by atoms with Crippen molar-refractivity contribution >= 4 is 0 Å². The Morgan fingerprint density at radius 3 is 2.62 bits per heavy atom. The van der Waals surface area contributed by atoms with Gasteiger partial charge in [0, 0.05) is 0 Å². The third kappa shape index (κ3) is 2.36. The van der Waals surface area contributed by atoms with E-state index in [0.29, 0.717) is 9.09 Å². The van der Waals surface area contributed by atoms with Crippen LogP contribution in [0.3, 0.4) is 0 Å². The molecule has 3 aliphatic rings. The van der Waals surface area contributed by atoms with Crippen LogP contribution in [-0.4, -0.2) is 0 Å². The van der Waals surface area contributed by atoms with Crippen molar-refractivity contribution in [1.29, 1.82) is 0 Å². The van der Waals surface area contributed by atoms with Gasteiger partial charge in [0.15, 0.2) is 0 Å². The molecule has 2 unspecified atom stereocenters. The number of fused-ring (bicyclic) bond motifs is 4. The molecule has 0 N–H and O–H groups in total. The van der Waals surface area contributed by atoms with Gasteiger partial charge in [0.2, 0.25) is 0 Å². The van der Waals surface area contributed by atoms with Crippen molar-refractivity contribution in [2.45, 2.75) is 16.0 Å². The topological polar surface area (TPSA) is 0 Å². The van der Waals surface area contributed by atoms with E-state index in [9.17, 15) is 0 Å². The SMILES string of the molecule is [Cl-].[Cl-].[Cl-].[Hf+3][C]12CC=CC(C1)C1=C2C=C=C=C1. The molecule has 2 atom stereocenters. The molecule has 2 bridgehead atoms. The molecule has 0 saturated heterocycles. The molecule has 0 aromatic rings. The summed E-state index contributed by atoms with van der Waals surface area (Å²) in [6, 6.07) is 0. The Hall–Kier alpha value is 0.520. The quantitative estimate of drug-likeness (QED) is 0.201. The number of rotatable bonds is 0. The fraction of sp³-hybridized carbons (Fsp3) is 0.333. The van der Waals surface area contributed by atoms with Crippen LogP contribution in [0.5, 0.6) is 0 Å². The first-order chi connectivity index (χ1) is 6.30. The van der Waals surface area contributed by atoms with Crippen molar-refractivity contribution in [3.8, 4) is 0 Å². The molecular weight excluding hydrogens is 429 g/mol. The van der Waals surface area contributed by atoms with Gasteiger partial charge in [0.25, 0.3) is 0 Å². The molecule has 0 aliphatic heterocycles. The minimum atomic E-state index is 0. The first kappa shape index (κ1) is 16.5. The van der Waals surface area contributed by atoms with Crippen LogP contribution in [0.2, 0.25) is 3.17 Å². The number of hydrogen-bond acceptors (Lipinski definition) is 0. The predicted octanol–water partition coefficient (Wildman–Crippen LogP) is -6.14. The van der Waals surface area contributed by atoms with Gasteiger partial charge in [-0.15, -0.1) is 0 Å². The van der Waals surface area contributed by atoms with Crippen LogP contribution < -0.4 is 37.2 Å². The van der Waals surface area contributed by atoms with Crippen molar-refractivity contribution in [2.75, 3.05) is 0 Å². The van der Waals surface area contributed by atoms with E-state index in [1.165, 1.54) is 42.8 Å². The van der Waals surface area contributed by atoms with E-state index in [1.54, 1.807) is 5.57 Å². The maximum atomic E-state index is 3.10. The Bertz CT molecular complexity index is 437. The van der Waals surface area contributed by atoms with Gasteiger partial charge in [-0.25, -0.2) is 0 Å². The van der Waals surface area contributed by atoms with Crippen molar-refractivity contribution < 1.29 is 61.6 Å². The minimum absolute atomic E-state index is 0. The van der Waals surface area contributed by atoms with Gasteiger partial charge in [-0.2, -0.15) is 0 Å². The fourth-order valence-corrected chi connectivity index (χ4v) is 4.50. The average molecular weight is 438 g/mol. The summed E-state index contributed by atoms with van der Waals surface area (Å²) in [5.41, 5.74) is 9.26. The van der Waals surface area contributed by atoms with Gasteiger partial charge in [-0.1, -0.05) is 0 Å². The molecule has 0 nitrogen and oxygen atoms in total. The van der Waals surface area contributed by atoms with Crippen LogP contribution in [0.4, 0.5) is 0 Å². The summed E-state index contributed by atoms with van der Waals surface area (Å²) in [6.45, 7) is 0. The number of hydrogen-bond donors (Lipinski definition) is 0. The van der Waals surface area contributed by atoms with Crippen LogP contribution in [0.15, 0.2) is 46.9 Å². The Kier molecular flexibility index (Phi) is 6.11. The van der Waals surface area contributed by atoms with E-state index in [-0.39, 0.29) is 37.2 Å². The zero-order valence-electron chi connectivity index (χ0n) is 8.43. The van der Waals surface area contributed by atoms with Crippen LogP contribution >= 0.6 is 0 Å². The summed E-state index contributed by atoms with van der Waals surface area (Å²) < 4.78 is 0.528. The van der Waals surface area contributed by atoms with Gasteiger partial charge < -0.3 is 37.2 Å². The van der Waals surface area contributed by atoms with Crippen LogP contribution in [0, 0.1) is 5.92 Å². The predicted molar refractivity (Wildman–Crippen MR) is 47.7 cm³/mol. The molecule has 3 rings (SSSR count). The third-order valence-corrected chi connectivity index (χ3v) is 5.59. The van der Waals surface area contributed by atoms with Crippen LogP contribution in [-0.2, 0) is 24.4 Å². The molecule has 0 fully saturated rings. The second kappa shape index (κ2) is 5.92. The molecule has 16 heavy (non-hydrogen) atoms. The number of allylic oxidation sites excluding steroid dienone is 6. The monoisotopic (exact) mass is 438 g/mol. The third-order valence-electron chi connectivity index (χ3n) is 3.16. The summed E-state index contributed by atoms with van der Waals surface area (Å²) >= 11 is 1.26. The molecule has 0 aromatic heterocycles. The van der Waals surface area contributed by atoms with Gasteiger partial charge >= 0.3 is 93.2 Å². The van der Waals surface area contributed by atoms with Gasteiger partial charge in [-0.05, 0) is 0 Å². The zero-order valence-corrected chi connectivity index (χ0v) is 14.3. The summed E-state index contributed by atoms with van der Waals surface area (Å²) in [5.74, 6) is 0.687. The molecule has 0 saturated carbocycles. The Labute approximate surface area is 129 Å². The van der Waals surface area contributed by atoms with Gasteiger partial charge in [0.05, 0.1) is 0 Å². The molecule has 0 spiro atoms. The molecule has 0 aromatic carbocycles. The molecule has 82 valence electrons. The van der Waals surface area contributed by atoms with E-state index in [1.807, 2.05) is 0 Å². The molecule has 0 radical (unpaired) electrons. The van der Waals surface area contributed by atoms with Gasteiger partial charge in [0.1, 0.15) is 0 Å². The molecule has 4 heteroatoms. The van der Waals surface area contributed by atoms with Crippen molar-refractivity contribution in [3.05, 3.63) is 46.9 Å². The van der Waals surface area contributed by atoms with E-state index in [2.05, 4.69) is 35.8 Å². The molecule has 3 aliphatic carbocycles. The summed E-state index contributed by atoms with van der Waals surface area (Å²) in [5, 5.41) is 0.